The second-order valence-corrected chi connectivity index (χ2v) is 12.3. The van der Waals surface area contributed by atoms with Crippen molar-refractivity contribution in [1.82, 2.24) is 40.8 Å². The maximum atomic E-state index is 13.6. The molecule has 4 aromatic rings. The van der Waals surface area contributed by atoms with E-state index in [2.05, 4.69) is 36.3 Å². The molecule has 236 valence electrons. The number of carbonyl (C=O) groups is 4. The van der Waals surface area contributed by atoms with Crippen LogP contribution in [0.2, 0.25) is 0 Å². The molecule has 14 heteroatoms. The van der Waals surface area contributed by atoms with Gasteiger partial charge in [-0.25, -0.2) is 14.5 Å². The Morgan fingerprint density at radius 1 is 1.09 bits per heavy atom. The summed E-state index contributed by atoms with van der Waals surface area (Å²) in [5.41, 5.74) is 1.33. The molecule has 4 amide bonds. The Bertz CT molecular complexity index is 1760. The van der Waals surface area contributed by atoms with Crippen LogP contribution in [-0.2, 0) is 16.0 Å². The zero-order valence-corrected chi connectivity index (χ0v) is 26.1. The number of aryl methyl sites for hydroxylation is 1. The molecule has 5 rings (SSSR count). The van der Waals surface area contributed by atoms with Crippen LogP contribution in [0.15, 0.2) is 52.8 Å². The highest BCUT2D eigenvalue weighted by Crippen LogP contribution is 2.26. The van der Waals surface area contributed by atoms with Gasteiger partial charge in [-0.3, -0.25) is 29.1 Å². The number of hydrogen-bond acceptors (Lipinski definition) is 8. The summed E-state index contributed by atoms with van der Waals surface area (Å²) >= 11 is 1.22. The summed E-state index contributed by atoms with van der Waals surface area (Å²) in [7, 11) is 0. The summed E-state index contributed by atoms with van der Waals surface area (Å²) in [6.07, 6.45) is 2.75. The first-order chi connectivity index (χ1) is 21.6. The number of nitrogens with zero attached hydrogens (tertiary/aromatic N) is 3. The number of amides is 4. The molecule has 0 saturated carbocycles. The van der Waals surface area contributed by atoms with E-state index in [1.807, 2.05) is 44.2 Å². The van der Waals surface area contributed by atoms with E-state index in [4.69, 9.17) is 0 Å². The van der Waals surface area contributed by atoms with E-state index in [9.17, 15) is 24.0 Å². The topological polar surface area (TPSA) is 179 Å². The number of fused-ring (bicyclic) bond motifs is 3. The Balaban J connectivity index is 1.39. The van der Waals surface area contributed by atoms with Crippen LogP contribution in [0.4, 0.5) is 0 Å². The fraction of sp³-hybridized carbons (Fsp3) is 0.387. The Labute approximate surface area is 263 Å². The largest absolute Gasteiger partial charge is 0.354 e. The van der Waals surface area contributed by atoms with Crippen LogP contribution in [0.25, 0.3) is 5.65 Å². The molecule has 0 radical (unpaired) electrons. The van der Waals surface area contributed by atoms with Crippen molar-refractivity contribution in [1.29, 1.82) is 0 Å². The van der Waals surface area contributed by atoms with E-state index < -0.39 is 41.4 Å². The van der Waals surface area contributed by atoms with Crippen LogP contribution in [0.3, 0.4) is 0 Å². The molecule has 1 aliphatic rings. The number of hydrogen-bond donors (Lipinski definition) is 5. The highest BCUT2D eigenvalue weighted by atomic mass is 32.1. The van der Waals surface area contributed by atoms with Gasteiger partial charge in [-0.15, -0.1) is 11.3 Å². The molecule has 5 N–H and O–H groups in total. The van der Waals surface area contributed by atoms with Crippen LogP contribution in [0, 0.1) is 12.8 Å². The van der Waals surface area contributed by atoms with E-state index >= 15 is 0 Å². The standard InChI is InChI=1S/C31H36N8O5S/c1-17(2)25-30-36-23(16-45-30)29(43)35-22(14-19-9-5-4-6-10-19)27(41)32-12-8-7-11-21(28(42)37-25)34-26(40)20-15-33-24-13-18(3)38-39(24)31(20)44/h4-6,9-10,13,15-17,21-22,25,38H,7-8,11-12,14H2,1-3H3,(H,32,41)(H,34,40)(H,35,43)(H,37,42)/t21-,22+,25+/m0/s1. The number of nitrogens with one attached hydrogen (secondary N) is 5. The Morgan fingerprint density at radius 2 is 1.87 bits per heavy atom. The van der Waals surface area contributed by atoms with E-state index in [1.165, 1.54) is 22.0 Å². The second kappa shape index (κ2) is 13.8. The molecule has 0 saturated heterocycles. The minimum atomic E-state index is -0.985. The van der Waals surface area contributed by atoms with Gasteiger partial charge in [-0.2, -0.15) is 0 Å². The third kappa shape index (κ3) is 7.45. The Kier molecular flexibility index (Phi) is 9.71. The number of carbonyl (C=O) groups excluding carboxylic acids is 4. The molecule has 4 heterocycles. The first kappa shape index (κ1) is 31.6. The van der Waals surface area contributed by atoms with Gasteiger partial charge in [-0.1, -0.05) is 44.2 Å². The average molecular weight is 633 g/mol. The number of rotatable bonds is 5. The molecule has 45 heavy (non-hydrogen) atoms. The normalized spacial score (nSPS) is 20.0. The van der Waals surface area contributed by atoms with Gasteiger partial charge in [0.05, 0.1) is 6.04 Å². The molecule has 0 unspecified atom stereocenters. The number of aromatic nitrogens is 4. The highest BCUT2D eigenvalue weighted by molar-refractivity contribution is 7.09. The summed E-state index contributed by atoms with van der Waals surface area (Å²) in [5, 5.41) is 16.4. The number of thiazole rings is 1. The lowest BCUT2D eigenvalue weighted by Gasteiger charge is -2.25. The van der Waals surface area contributed by atoms with Gasteiger partial charge < -0.3 is 21.3 Å². The zero-order chi connectivity index (χ0) is 32.1. The molecule has 1 aromatic carbocycles. The van der Waals surface area contributed by atoms with Gasteiger partial charge in [0, 0.05) is 36.3 Å². The minimum Gasteiger partial charge on any atom is -0.354 e. The first-order valence-electron chi connectivity index (χ1n) is 14.9. The Morgan fingerprint density at radius 3 is 2.62 bits per heavy atom. The van der Waals surface area contributed by atoms with Gasteiger partial charge in [0.1, 0.15) is 28.3 Å². The van der Waals surface area contributed by atoms with Crippen LogP contribution < -0.4 is 26.8 Å². The molecule has 2 bridgehead atoms. The third-order valence-electron chi connectivity index (χ3n) is 7.60. The summed E-state index contributed by atoms with van der Waals surface area (Å²) in [6.45, 7) is 5.90. The lowest BCUT2D eigenvalue weighted by Crippen LogP contribution is -2.50. The number of aromatic amines is 1. The van der Waals surface area contributed by atoms with Crippen molar-refractivity contribution >= 4 is 40.6 Å². The minimum absolute atomic E-state index is 0.102. The maximum absolute atomic E-state index is 13.6. The second-order valence-electron chi connectivity index (χ2n) is 11.4. The molecule has 13 nitrogen and oxygen atoms in total. The van der Waals surface area contributed by atoms with Crippen molar-refractivity contribution in [3.8, 4) is 0 Å². The average Bonchev–Trinajstić information content (AvgIpc) is 3.65. The van der Waals surface area contributed by atoms with Crippen molar-refractivity contribution in [2.75, 3.05) is 6.54 Å². The predicted octanol–water partition coefficient (Wildman–Crippen LogP) is 2.04. The lowest BCUT2D eigenvalue weighted by atomic mass is 10.0. The molecule has 0 fully saturated rings. The summed E-state index contributed by atoms with van der Waals surface area (Å²) in [5.74, 6) is -2.11. The van der Waals surface area contributed by atoms with Crippen LogP contribution >= 0.6 is 11.3 Å². The zero-order valence-electron chi connectivity index (χ0n) is 25.3. The SMILES string of the molecule is Cc1cc2ncc(C(=O)N[C@H]3CCCCNC(=O)[C@@H](Cc4ccccc4)NC(=O)c4csc(n4)[C@@H](C(C)C)NC3=O)c(=O)n2[nH]1. The van der Waals surface area contributed by atoms with Gasteiger partial charge in [0.15, 0.2) is 5.65 Å². The summed E-state index contributed by atoms with van der Waals surface area (Å²) in [6, 6.07) is 8.75. The van der Waals surface area contributed by atoms with Crippen molar-refractivity contribution in [3.63, 3.8) is 0 Å². The van der Waals surface area contributed by atoms with Crippen LogP contribution in [0.1, 0.15) is 76.3 Å². The molecule has 0 aliphatic carbocycles. The highest BCUT2D eigenvalue weighted by Gasteiger charge is 2.30. The van der Waals surface area contributed by atoms with E-state index in [-0.39, 0.29) is 29.5 Å². The summed E-state index contributed by atoms with van der Waals surface area (Å²) < 4.78 is 1.18. The smallest absolute Gasteiger partial charge is 0.285 e. The van der Waals surface area contributed by atoms with Crippen molar-refractivity contribution in [2.24, 2.45) is 5.92 Å². The van der Waals surface area contributed by atoms with Crippen LogP contribution in [0.5, 0.6) is 0 Å². The molecule has 3 atom stereocenters. The summed E-state index contributed by atoms with van der Waals surface area (Å²) in [4.78, 5) is 75.1. The number of benzene rings is 1. The first-order valence-corrected chi connectivity index (χ1v) is 15.7. The van der Waals surface area contributed by atoms with E-state index in [0.717, 1.165) is 5.56 Å². The fourth-order valence-electron chi connectivity index (χ4n) is 5.14. The van der Waals surface area contributed by atoms with Gasteiger partial charge in [0.25, 0.3) is 17.4 Å². The van der Waals surface area contributed by atoms with E-state index in [0.29, 0.717) is 42.2 Å². The monoisotopic (exact) mass is 632 g/mol. The van der Waals surface area contributed by atoms with Crippen molar-refractivity contribution < 1.29 is 19.2 Å². The molecular weight excluding hydrogens is 596 g/mol. The third-order valence-corrected chi connectivity index (χ3v) is 8.52. The van der Waals surface area contributed by atoms with Crippen LogP contribution in [-0.4, -0.2) is 61.8 Å². The van der Waals surface area contributed by atoms with Gasteiger partial charge >= 0.3 is 0 Å². The lowest BCUT2D eigenvalue weighted by molar-refractivity contribution is -0.124. The number of H-pyrrole nitrogens is 1. The predicted molar refractivity (Wildman–Crippen MR) is 168 cm³/mol. The molecule has 3 aromatic heterocycles. The Hall–Kier alpha value is -4.85. The molecule has 0 spiro atoms. The van der Waals surface area contributed by atoms with E-state index in [1.54, 1.807) is 18.4 Å². The van der Waals surface area contributed by atoms with Crippen molar-refractivity contribution in [2.45, 2.75) is 64.6 Å². The fourth-order valence-corrected chi connectivity index (χ4v) is 6.16. The van der Waals surface area contributed by atoms with Gasteiger partial charge in [-0.05, 0) is 37.7 Å². The quantitative estimate of drug-likeness (QED) is 0.223. The van der Waals surface area contributed by atoms with Gasteiger partial charge in [0.2, 0.25) is 11.8 Å². The van der Waals surface area contributed by atoms with Crippen molar-refractivity contribution in [3.05, 3.63) is 85.9 Å². The molecular formula is C31H36N8O5S. The molecule has 1 aliphatic heterocycles. The maximum Gasteiger partial charge on any atom is 0.285 e.